The molecule has 272 valence electrons. The number of likely N-dealkylation sites (N-methyl/N-ethyl adjacent to an activating group) is 1. The maximum absolute atomic E-state index is 13.6. The summed E-state index contributed by atoms with van der Waals surface area (Å²) in [5.41, 5.74) is 4.89. The van der Waals surface area contributed by atoms with Crippen molar-refractivity contribution >= 4 is 54.9 Å². The highest BCUT2D eigenvalue weighted by molar-refractivity contribution is 7.17. The molecular weight excluding hydrogens is 737 g/mol. The maximum atomic E-state index is 13.6. The molecule has 16 heteroatoms. The maximum Gasteiger partial charge on any atom is 0.269 e. The molecule has 0 aromatic carbocycles. The number of aromatic amines is 2. The van der Waals surface area contributed by atoms with Crippen LogP contribution in [0.2, 0.25) is 0 Å². The predicted octanol–water partition coefficient (Wildman–Crippen LogP) is 5.15. The Morgan fingerprint density at radius 3 is 2.18 bits per heavy atom. The highest BCUT2D eigenvalue weighted by Gasteiger charge is 2.21. The predicted molar refractivity (Wildman–Crippen MR) is 211 cm³/mol. The quantitative estimate of drug-likeness (QED) is 0.159. The lowest BCUT2D eigenvalue weighted by Gasteiger charge is -2.17. The standard InChI is InChI=1S/C39H30N10O4S2/c1-49(39(53)26-21-55-33-31(26)46-34(47-38(33)52)27-6-2-3-12-41-27)16-10-22-7-13-42-28(17-22)24-9-15-43-29(18-24)35-45-30-25(20-54-32(30)37(51)48-35)36(50)44-14-8-23-5-4-11-40-19-23/h2-7,9,11-13,15,17-21H,8,10,14,16H2,1H3,(H,44,50)(H,45,48,51)(H,46,47,52). The number of fused-ring (bicyclic) bond motifs is 2. The Morgan fingerprint density at radius 1 is 0.727 bits per heavy atom. The second-order valence-corrected chi connectivity index (χ2v) is 14.3. The van der Waals surface area contributed by atoms with E-state index in [-0.39, 0.29) is 28.8 Å². The number of aromatic nitrogens is 8. The van der Waals surface area contributed by atoms with Gasteiger partial charge in [-0.25, -0.2) is 9.97 Å². The van der Waals surface area contributed by atoms with Gasteiger partial charge in [0.1, 0.15) is 31.8 Å². The van der Waals surface area contributed by atoms with E-state index in [1.165, 1.54) is 11.3 Å². The van der Waals surface area contributed by atoms with Gasteiger partial charge in [-0.15, -0.1) is 22.7 Å². The average Bonchev–Trinajstić information content (AvgIpc) is 3.86. The summed E-state index contributed by atoms with van der Waals surface area (Å²) in [5, 5.41) is 6.22. The molecule has 0 radical (unpaired) electrons. The van der Waals surface area contributed by atoms with Gasteiger partial charge in [-0.3, -0.25) is 39.1 Å². The van der Waals surface area contributed by atoms with E-state index >= 15 is 0 Å². The van der Waals surface area contributed by atoms with Gasteiger partial charge in [0.15, 0.2) is 11.6 Å². The molecule has 8 aromatic heterocycles. The third-order valence-corrected chi connectivity index (χ3v) is 10.8. The Morgan fingerprint density at radius 2 is 1.44 bits per heavy atom. The van der Waals surface area contributed by atoms with Gasteiger partial charge < -0.3 is 20.2 Å². The van der Waals surface area contributed by atoms with E-state index < -0.39 is 0 Å². The minimum Gasteiger partial charge on any atom is -0.352 e. The number of rotatable bonds is 11. The normalized spacial score (nSPS) is 11.2. The van der Waals surface area contributed by atoms with Crippen LogP contribution >= 0.6 is 22.7 Å². The largest absolute Gasteiger partial charge is 0.352 e. The molecule has 0 aliphatic rings. The number of nitrogens with one attached hydrogen (secondary N) is 3. The molecule has 0 aliphatic carbocycles. The molecule has 0 unspecified atom stereocenters. The molecule has 0 spiro atoms. The third-order valence-electron chi connectivity index (χ3n) is 8.86. The molecule has 55 heavy (non-hydrogen) atoms. The highest BCUT2D eigenvalue weighted by atomic mass is 32.1. The second-order valence-electron chi connectivity index (χ2n) is 12.5. The summed E-state index contributed by atoms with van der Waals surface area (Å²) in [7, 11) is 1.71. The van der Waals surface area contributed by atoms with E-state index in [1.807, 2.05) is 30.3 Å². The number of hydrogen-bond donors (Lipinski definition) is 3. The molecule has 14 nitrogen and oxygen atoms in total. The molecule has 3 N–H and O–H groups in total. The molecule has 8 aromatic rings. The summed E-state index contributed by atoms with van der Waals surface area (Å²) >= 11 is 2.34. The van der Waals surface area contributed by atoms with Crippen LogP contribution in [0.25, 0.3) is 54.7 Å². The number of H-pyrrole nitrogens is 2. The molecule has 8 rings (SSSR count). The summed E-state index contributed by atoms with van der Waals surface area (Å²) in [6.07, 6.45) is 9.52. The van der Waals surface area contributed by atoms with E-state index in [1.54, 1.807) is 78.0 Å². The van der Waals surface area contributed by atoms with Gasteiger partial charge in [0, 0.05) is 67.4 Å². The second kappa shape index (κ2) is 15.3. The molecule has 0 bridgehead atoms. The zero-order chi connectivity index (χ0) is 37.9. The van der Waals surface area contributed by atoms with Crippen LogP contribution in [0.5, 0.6) is 0 Å². The number of hydrogen-bond acceptors (Lipinski definition) is 12. The smallest absolute Gasteiger partial charge is 0.269 e. The first-order valence-electron chi connectivity index (χ1n) is 17.1. The minimum atomic E-state index is -0.364. The Balaban J connectivity index is 0.974. The van der Waals surface area contributed by atoms with Crippen molar-refractivity contribution in [1.29, 1.82) is 0 Å². The summed E-state index contributed by atoms with van der Waals surface area (Å²) in [6.45, 7) is 0.794. The Labute approximate surface area is 320 Å². The van der Waals surface area contributed by atoms with Gasteiger partial charge in [0.25, 0.3) is 22.9 Å². The van der Waals surface area contributed by atoms with Crippen LogP contribution in [0.3, 0.4) is 0 Å². The highest BCUT2D eigenvalue weighted by Crippen LogP contribution is 2.27. The topological polar surface area (TPSA) is 192 Å². The zero-order valence-corrected chi connectivity index (χ0v) is 30.8. The molecule has 0 saturated carbocycles. The van der Waals surface area contributed by atoms with Crippen molar-refractivity contribution in [3.05, 3.63) is 139 Å². The first-order chi connectivity index (χ1) is 26.8. The van der Waals surface area contributed by atoms with Gasteiger partial charge in [0.05, 0.1) is 16.8 Å². The van der Waals surface area contributed by atoms with Crippen LogP contribution in [0.15, 0.2) is 106 Å². The number of carbonyl (C=O) groups excluding carboxylic acids is 2. The average molecular weight is 767 g/mol. The molecular formula is C39H30N10O4S2. The van der Waals surface area contributed by atoms with Crippen molar-refractivity contribution in [2.75, 3.05) is 20.1 Å². The molecule has 8 heterocycles. The lowest BCUT2D eigenvalue weighted by molar-refractivity contribution is 0.0798. The van der Waals surface area contributed by atoms with Crippen LogP contribution in [0.4, 0.5) is 0 Å². The van der Waals surface area contributed by atoms with Gasteiger partial charge >= 0.3 is 0 Å². The number of carbonyl (C=O) groups is 2. The molecule has 0 saturated heterocycles. The van der Waals surface area contributed by atoms with Crippen molar-refractivity contribution in [2.45, 2.75) is 12.8 Å². The molecule has 2 amide bonds. The van der Waals surface area contributed by atoms with Crippen LogP contribution in [0.1, 0.15) is 31.8 Å². The number of nitrogens with zero attached hydrogens (tertiary/aromatic N) is 7. The van der Waals surface area contributed by atoms with Crippen LogP contribution in [-0.2, 0) is 12.8 Å². The fourth-order valence-corrected chi connectivity index (χ4v) is 7.74. The van der Waals surface area contributed by atoms with Crippen LogP contribution in [-0.4, -0.2) is 76.7 Å². The lowest BCUT2D eigenvalue weighted by atomic mass is 10.1. The van der Waals surface area contributed by atoms with E-state index in [4.69, 9.17) is 0 Å². The van der Waals surface area contributed by atoms with Crippen molar-refractivity contribution in [1.82, 2.24) is 50.1 Å². The van der Waals surface area contributed by atoms with Gasteiger partial charge in [-0.2, -0.15) is 0 Å². The van der Waals surface area contributed by atoms with Crippen molar-refractivity contribution in [3.63, 3.8) is 0 Å². The summed E-state index contributed by atoms with van der Waals surface area (Å²) < 4.78 is 0.724. The van der Waals surface area contributed by atoms with Gasteiger partial charge in [-0.05, 0) is 66.4 Å². The summed E-state index contributed by atoms with van der Waals surface area (Å²) in [4.78, 5) is 86.5. The number of amides is 2. The van der Waals surface area contributed by atoms with Crippen molar-refractivity contribution < 1.29 is 9.59 Å². The van der Waals surface area contributed by atoms with Gasteiger partial charge in [-0.1, -0.05) is 12.1 Å². The van der Waals surface area contributed by atoms with Gasteiger partial charge in [0.2, 0.25) is 0 Å². The fourth-order valence-electron chi connectivity index (χ4n) is 5.99. The lowest BCUT2D eigenvalue weighted by Crippen LogP contribution is -2.29. The van der Waals surface area contributed by atoms with Crippen molar-refractivity contribution in [2.24, 2.45) is 0 Å². The molecule has 0 aliphatic heterocycles. The third kappa shape index (κ3) is 7.40. The van der Waals surface area contributed by atoms with E-state index in [0.717, 1.165) is 28.0 Å². The first kappa shape index (κ1) is 35.3. The van der Waals surface area contributed by atoms with Crippen LogP contribution in [0, 0.1) is 0 Å². The molecule has 0 fully saturated rings. The number of thiophene rings is 2. The van der Waals surface area contributed by atoms with E-state index in [0.29, 0.717) is 80.4 Å². The molecule has 0 atom stereocenters. The Hall–Kier alpha value is -6.78. The Bertz CT molecular complexity index is 2820. The number of pyridine rings is 4. The first-order valence-corrected chi connectivity index (χ1v) is 18.9. The van der Waals surface area contributed by atoms with Crippen molar-refractivity contribution in [3.8, 4) is 34.3 Å². The minimum absolute atomic E-state index is 0.225. The summed E-state index contributed by atoms with van der Waals surface area (Å²) in [6, 6.07) is 16.5. The zero-order valence-electron chi connectivity index (χ0n) is 29.1. The van der Waals surface area contributed by atoms with E-state index in [9.17, 15) is 19.2 Å². The fraction of sp³-hybridized carbons (Fsp3) is 0.128. The monoisotopic (exact) mass is 766 g/mol. The summed E-state index contributed by atoms with van der Waals surface area (Å²) in [5.74, 6) is -0.0482. The Kier molecular flexibility index (Phi) is 9.80. The SMILES string of the molecule is CN(CCc1ccnc(-c2ccnc(-c3nc4c(C(=O)NCCc5cccnc5)csc4c(=O)[nH]3)c2)c1)C(=O)c1csc2c(=O)[nH]c(-c3ccccn3)nc12. The van der Waals surface area contributed by atoms with E-state index in [2.05, 4.69) is 45.2 Å². The van der Waals surface area contributed by atoms with Crippen LogP contribution < -0.4 is 16.4 Å².